The molecule has 2 aromatic heterocycles. The summed E-state index contributed by atoms with van der Waals surface area (Å²) in [5.74, 6) is 2.50. The van der Waals surface area contributed by atoms with Crippen LogP contribution in [0.4, 0.5) is 4.79 Å². The number of nitrogens with one attached hydrogen (secondary N) is 1. The summed E-state index contributed by atoms with van der Waals surface area (Å²) in [6, 6.07) is 0. The Balaban J connectivity index is 2.05. The first-order valence-corrected chi connectivity index (χ1v) is 8.06. The molecule has 0 bridgehead atoms. The molecule has 0 radical (unpaired) electrons. The molecule has 6 nitrogen and oxygen atoms in total. The molecule has 2 heterocycles. The molecular weight excluding hydrogens is 328 g/mol. The van der Waals surface area contributed by atoms with Crippen LogP contribution in [0.2, 0.25) is 5.15 Å². The normalized spacial score (nSPS) is 11.3. The van der Waals surface area contributed by atoms with Gasteiger partial charge in [0.15, 0.2) is 5.65 Å². The number of ether oxygens (including phenoxy) is 1. The van der Waals surface area contributed by atoms with Gasteiger partial charge in [-0.15, -0.1) is 6.42 Å². The number of halogens is 1. The first-order chi connectivity index (χ1) is 11.2. The number of carbonyl (C=O) groups excluding carboxylic acids is 1. The van der Waals surface area contributed by atoms with Crippen molar-refractivity contribution in [3.05, 3.63) is 28.4 Å². The predicted octanol–water partition coefficient (Wildman–Crippen LogP) is 3.13. The van der Waals surface area contributed by atoms with Gasteiger partial charge in [-0.05, 0) is 46.5 Å². The smallest absolute Gasteiger partial charge is 0.407 e. The van der Waals surface area contributed by atoms with E-state index in [1.54, 1.807) is 10.6 Å². The number of rotatable bonds is 4. The number of fused-ring (bicyclic) bond motifs is 1. The summed E-state index contributed by atoms with van der Waals surface area (Å²) >= 11 is 6.27. The molecule has 0 atom stereocenters. The highest BCUT2D eigenvalue weighted by atomic mass is 35.5. The average molecular weight is 349 g/mol. The Morgan fingerprint density at radius 3 is 2.83 bits per heavy atom. The van der Waals surface area contributed by atoms with Crippen molar-refractivity contribution in [2.45, 2.75) is 46.1 Å². The number of carbonyl (C=O) groups is 1. The molecule has 7 heteroatoms. The zero-order valence-corrected chi connectivity index (χ0v) is 15.1. The van der Waals surface area contributed by atoms with Gasteiger partial charge in [-0.2, -0.15) is 0 Å². The van der Waals surface area contributed by atoms with Gasteiger partial charge in [-0.3, -0.25) is 4.40 Å². The van der Waals surface area contributed by atoms with Gasteiger partial charge in [0.25, 0.3) is 0 Å². The molecule has 0 aromatic carbocycles. The van der Waals surface area contributed by atoms with Crippen molar-refractivity contribution in [2.24, 2.45) is 0 Å². The van der Waals surface area contributed by atoms with Gasteiger partial charge < -0.3 is 10.1 Å². The van der Waals surface area contributed by atoms with Crippen LogP contribution < -0.4 is 5.32 Å². The standard InChI is InChI=1S/C17H21ClN4O2/c1-6-12-14(18)22-11(2)10-20-15(22)13(21-12)8-7-9-19-16(23)24-17(3,4)5/h1,10H,7-9H2,2-5H3,(H,19,23). The molecule has 0 unspecified atom stereocenters. The number of nitrogens with zero attached hydrogens (tertiary/aromatic N) is 3. The van der Waals surface area contributed by atoms with Crippen LogP contribution in [0.1, 0.15) is 44.3 Å². The Morgan fingerprint density at radius 2 is 2.21 bits per heavy atom. The van der Waals surface area contributed by atoms with E-state index in [0.29, 0.717) is 35.9 Å². The second-order valence-electron chi connectivity index (χ2n) is 6.43. The number of aryl methyl sites for hydroxylation is 2. The van der Waals surface area contributed by atoms with E-state index >= 15 is 0 Å². The van der Waals surface area contributed by atoms with Gasteiger partial charge in [0.2, 0.25) is 0 Å². The van der Waals surface area contributed by atoms with E-state index in [1.165, 1.54) is 0 Å². The molecular formula is C17H21ClN4O2. The van der Waals surface area contributed by atoms with Crippen molar-refractivity contribution in [3.63, 3.8) is 0 Å². The number of hydrogen-bond donors (Lipinski definition) is 1. The zero-order chi connectivity index (χ0) is 17.9. The summed E-state index contributed by atoms with van der Waals surface area (Å²) in [5, 5.41) is 3.11. The first kappa shape index (κ1) is 18.1. The number of amides is 1. The number of aromatic nitrogens is 3. The van der Waals surface area contributed by atoms with Crippen LogP contribution in [0.15, 0.2) is 6.20 Å². The zero-order valence-electron chi connectivity index (χ0n) is 14.3. The summed E-state index contributed by atoms with van der Waals surface area (Å²) in [6.45, 7) is 7.84. The minimum absolute atomic E-state index is 0.387. The first-order valence-electron chi connectivity index (χ1n) is 7.69. The van der Waals surface area contributed by atoms with E-state index in [1.807, 2.05) is 27.7 Å². The highest BCUT2D eigenvalue weighted by molar-refractivity contribution is 6.30. The summed E-state index contributed by atoms with van der Waals surface area (Å²) in [6.07, 6.45) is 8.07. The molecule has 0 saturated heterocycles. The fraction of sp³-hybridized carbons (Fsp3) is 0.471. The maximum atomic E-state index is 11.6. The van der Waals surface area contributed by atoms with Crippen molar-refractivity contribution in [1.29, 1.82) is 0 Å². The Bertz CT molecular complexity index is 799. The molecule has 24 heavy (non-hydrogen) atoms. The van der Waals surface area contributed by atoms with Crippen molar-refractivity contribution in [2.75, 3.05) is 6.54 Å². The fourth-order valence-corrected chi connectivity index (χ4v) is 2.56. The second kappa shape index (κ2) is 7.10. The maximum absolute atomic E-state index is 11.6. The molecule has 0 aliphatic rings. The van der Waals surface area contributed by atoms with Gasteiger partial charge in [-0.25, -0.2) is 14.8 Å². The quantitative estimate of drug-likeness (QED) is 0.680. The molecule has 1 N–H and O–H groups in total. The van der Waals surface area contributed by atoms with Crippen LogP contribution in [0.25, 0.3) is 5.65 Å². The lowest BCUT2D eigenvalue weighted by atomic mass is 10.2. The van der Waals surface area contributed by atoms with Crippen LogP contribution in [-0.2, 0) is 11.2 Å². The number of terminal acetylenes is 1. The van der Waals surface area contributed by atoms with E-state index < -0.39 is 11.7 Å². The van der Waals surface area contributed by atoms with Crippen LogP contribution in [0, 0.1) is 19.3 Å². The largest absolute Gasteiger partial charge is 0.444 e. The summed E-state index contributed by atoms with van der Waals surface area (Å²) in [4.78, 5) is 20.4. The van der Waals surface area contributed by atoms with Gasteiger partial charge >= 0.3 is 6.09 Å². The third-order valence-corrected chi connectivity index (χ3v) is 3.58. The molecule has 0 aliphatic carbocycles. The van der Waals surface area contributed by atoms with E-state index in [0.717, 1.165) is 11.4 Å². The topological polar surface area (TPSA) is 68.5 Å². The van der Waals surface area contributed by atoms with E-state index in [4.69, 9.17) is 22.8 Å². The minimum Gasteiger partial charge on any atom is -0.444 e. The third kappa shape index (κ3) is 4.18. The van der Waals surface area contributed by atoms with Gasteiger partial charge in [-0.1, -0.05) is 11.6 Å². The number of alkyl carbamates (subject to hydrolysis) is 1. The van der Waals surface area contributed by atoms with Crippen molar-refractivity contribution in [3.8, 4) is 12.3 Å². The van der Waals surface area contributed by atoms with Crippen LogP contribution in [0.3, 0.4) is 0 Å². The number of hydrogen-bond acceptors (Lipinski definition) is 4. The average Bonchev–Trinajstić information content (AvgIpc) is 2.86. The van der Waals surface area contributed by atoms with Gasteiger partial charge in [0, 0.05) is 18.4 Å². The molecule has 128 valence electrons. The summed E-state index contributed by atoms with van der Waals surface area (Å²) in [5.41, 5.74) is 2.21. The van der Waals surface area contributed by atoms with E-state index in [-0.39, 0.29) is 0 Å². The highest BCUT2D eigenvalue weighted by Gasteiger charge is 2.16. The molecule has 1 amide bonds. The van der Waals surface area contributed by atoms with Crippen molar-refractivity contribution < 1.29 is 9.53 Å². The Morgan fingerprint density at radius 1 is 1.50 bits per heavy atom. The van der Waals surface area contributed by atoms with Crippen LogP contribution in [0.5, 0.6) is 0 Å². The Kier molecular flexibility index (Phi) is 5.35. The minimum atomic E-state index is -0.511. The lowest BCUT2D eigenvalue weighted by Gasteiger charge is -2.19. The molecule has 2 rings (SSSR count). The number of imidazole rings is 1. The van der Waals surface area contributed by atoms with Gasteiger partial charge in [0.1, 0.15) is 16.4 Å². The molecule has 0 spiro atoms. The predicted molar refractivity (Wildman–Crippen MR) is 93.2 cm³/mol. The second-order valence-corrected chi connectivity index (χ2v) is 6.79. The molecule has 0 saturated carbocycles. The summed E-state index contributed by atoms with van der Waals surface area (Å²) < 4.78 is 6.98. The van der Waals surface area contributed by atoms with Crippen LogP contribution >= 0.6 is 11.6 Å². The third-order valence-electron chi connectivity index (χ3n) is 3.23. The summed E-state index contributed by atoms with van der Waals surface area (Å²) in [7, 11) is 0. The molecule has 0 aliphatic heterocycles. The lowest BCUT2D eigenvalue weighted by Crippen LogP contribution is -2.33. The van der Waals surface area contributed by atoms with Crippen molar-refractivity contribution >= 4 is 23.3 Å². The highest BCUT2D eigenvalue weighted by Crippen LogP contribution is 2.21. The lowest BCUT2D eigenvalue weighted by molar-refractivity contribution is 0.0527. The maximum Gasteiger partial charge on any atom is 0.407 e. The fourth-order valence-electron chi connectivity index (χ4n) is 2.25. The molecule has 0 fully saturated rings. The SMILES string of the molecule is C#Cc1nc(CCCNC(=O)OC(C)(C)C)c2ncc(C)n2c1Cl. The Labute approximate surface area is 146 Å². The Hall–Kier alpha value is -2.26. The van der Waals surface area contributed by atoms with Crippen molar-refractivity contribution in [1.82, 2.24) is 19.7 Å². The van der Waals surface area contributed by atoms with E-state index in [2.05, 4.69) is 21.2 Å². The van der Waals surface area contributed by atoms with Gasteiger partial charge in [0.05, 0.1) is 5.69 Å². The van der Waals surface area contributed by atoms with E-state index in [9.17, 15) is 4.79 Å². The molecule has 2 aromatic rings. The van der Waals surface area contributed by atoms with Crippen LogP contribution in [-0.4, -0.2) is 32.6 Å². The monoisotopic (exact) mass is 348 g/mol.